The first-order valence-electron chi connectivity index (χ1n) is 6.16. The van der Waals surface area contributed by atoms with Crippen molar-refractivity contribution in [3.05, 3.63) is 29.3 Å². The molecule has 1 N–H and O–H groups in total. The first-order chi connectivity index (χ1) is 8.63. The maximum atomic E-state index is 9.22. The van der Waals surface area contributed by atoms with Crippen molar-refractivity contribution < 1.29 is 9.84 Å². The van der Waals surface area contributed by atoms with Crippen LogP contribution in [0, 0.1) is 18.3 Å². The summed E-state index contributed by atoms with van der Waals surface area (Å²) in [5, 5.41) is 18.1. The van der Waals surface area contributed by atoms with Gasteiger partial charge in [-0.25, -0.2) is 0 Å². The molecular weight excluding hydrogens is 228 g/mol. The second-order valence-corrected chi connectivity index (χ2v) is 4.77. The lowest BCUT2D eigenvalue weighted by Crippen LogP contribution is -2.48. The number of morpholine rings is 1. The fourth-order valence-corrected chi connectivity index (χ4v) is 2.33. The molecule has 2 rings (SSSR count). The molecule has 0 bridgehead atoms. The fourth-order valence-electron chi connectivity index (χ4n) is 2.33. The number of nitriles is 1. The summed E-state index contributed by atoms with van der Waals surface area (Å²) in [6.07, 6.45) is -0.0310. The Morgan fingerprint density at radius 2 is 2.28 bits per heavy atom. The van der Waals surface area contributed by atoms with Crippen LogP contribution in [0.15, 0.2) is 18.2 Å². The maximum Gasteiger partial charge on any atom is 0.0994 e. The third-order valence-electron chi connectivity index (χ3n) is 3.23. The van der Waals surface area contributed by atoms with E-state index in [0.717, 1.165) is 17.8 Å². The number of rotatable bonds is 2. The predicted octanol–water partition coefficient (Wildman–Crippen LogP) is 1.45. The van der Waals surface area contributed by atoms with E-state index >= 15 is 0 Å². The van der Waals surface area contributed by atoms with E-state index in [1.807, 2.05) is 32.0 Å². The van der Waals surface area contributed by atoms with Crippen molar-refractivity contribution in [1.82, 2.24) is 0 Å². The SMILES string of the molecule is Cc1cc(N2CC(C)OC(CO)C2)ccc1C#N. The van der Waals surface area contributed by atoms with Gasteiger partial charge in [0.1, 0.15) is 0 Å². The zero-order valence-electron chi connectivity index (χ0n) is 10.8. The van der Waals surface area contributed by atoms with Gasteiger partial charge in [0.05, 0.1) is 30.4 Å². The monoisotopic (exact) mass is 246 g/mol. The van der Waals surface area contributed by atoms with Gasteiger partial charge in [0.2, 0.25) is 0 Å². The van der Waals surface area contributed by atoms with E-state index in [-0.39, 0.29) is 18.8 Å². The molecule has 0 radical (unpaired) electrons. The largest absolute Gasteiger partial charge is 0.394 e. The summed E-state index contributed by atoms with van der Waals surface area (Å²) in [5.41, 5.74) is 2.77. The lowest BCUT2D eigenvalue weighted by atomic mass is 10.1. The van der Waals surface area contributed by atoms with Gasteiger partial charge < -0.3 is 14.7 Å². The average molecular weight is 246 g/mol. The van der Waals surface area contributed by atoms with Crippen LogP contribution in [0.5, 0.6) is 0 Å². The first kappa shape index (κ1) is 12.9. The molecule has 1 heterocycles. The Balaban J connectivity index is 2.20. The summed E-state index contributed by atoms with van der Waals surface area (Å²) >= 11 is 0. The summed E-state index contributed by atoms with van der Waals surface area (Å²) in [4.78, 5) is 2.20. The number of anilines is 1. The van der Waals surface area contributed by atoms with Crippen LogP contribution >= 0.6 is 0 Å². The molecule has 0 aliphatic carbocycles. The lowest BCUT2D eigenvalue weighted by molar-refractivity contribution is -0.0421. The summed E-state index contributed by atoms with van der Waals surface area (Å²) in [5.74, 6) is 0. The standard InChI is InChI=1S/C14H18N2O2/c1-10-5-13(4-3-12(10)6-15)16-7-11(2)18-14(8-16)9-17/h3-5,11,14,17H,7-9H2,1-2H3. The number of hydrogen-bond acceptors (Lipinski definition) is 4. The zero-order chi connectivity index (χ0) is 13.1. The van der Waals surface area contributed by atoms with Gasteiger partial charge in [0.15, 0.2) is 0 Å². The van der Waals surface area contributed by atoms with Crippen molar-refractivity contribution in [1.29, 1.82) is 5.26 Å². The van der Waals surface area contributed by atoms with Gasteiger partial charge in [-0.1, -0.05) is 0 Å². The number of nitrogens with zero attached hydrogens (tertiary/aromatic N) is 2. The van der Waals surface area contributed by atoms with Crippen molar-refractivity contribution in [2.75, 3.05) is 24.6 Å². The third kappa shape index (κ3) is 2.63. The smallest absolute Gasteiger partial charge is 0.0994 e. The molecule has 1 aliphatic heterocycles. The Hall–Kier alpha value is -1.57. The molecule has 1 aromatic carbocycles. The highest BCUT2D eigenvalue weighted by Crippen LogP contribution is 2.22. The van der Waals surface area contributed by atoms with E-state index in [0.29, 0.717) is 12.1 Å². The molecule has 2 atom stereocenters. The number of aliphatic hydroxyl groups excluding tert-OH is 1. The highest BCUT2D eigenvalue weighted by Gasteiger charge is 2.24. The minimum absolute atomic E-state index is 0.0378. The van der Waals surface area contributed by atoms with Crippen molar-refractivity contribution >= 4 is 5.69 Å². The van der Waals surface area contributed by atoms with Crippen LogP contribution in [0.1, 0.15) is 18.1 Å². The summed E-state index contributed by atoms with van der Waals surface area (Å²) in [6, 6.07) is 7.99. The molecule has 1 saturated heterocycles. The Bertz CT molecular complexity index is 467. The molecular formula is C14H18N2O2. The van der Waals surface area contributed by atoms with Crippen LogP contribution in [0.3, 0.4) is 0 Å². The molecule has 1 aromatic rings. The molecule has 0 saturated carbocycles. The van der Waals surface area contributed by atoms with Crippen LogP contribution < -0.4 is 4.90 Å². The maximum absolute atomic E-state index is 9.22. The summed E-state index contributed by atoms with van der Waals surface area (Å²) < 4.78 is 5.62. The molecule has 4 nitrogen and oxygen atoms in total. The number of ether oxygens (including phenoxy) is 1. The topological polar surface area (TPSA) is 56.5 Å². The normalized spacial score (nSPS) is 23.8. The minimum atomic E-state index is -0.135. The van der Waals surface area contributed by atoms with Crippen molar-refractivity contribution in [2.24, 2.45) is 0 Å². The van der Waals surface area contributed by atoms with Gasteiger partial charge >= 0.3 is 0 Å². The first-order valence-corrected chi connectivity index (χ1v) is 6.16. The minimum Gasteiger partial charge on any atom is -0.394 e. The van der Waals surface area contributed by atoms with Gasteiger partial charge in [0.25, 0.3) is 0 Å². The van der Waals surface area contributed by atoms with Crippen molar-refractivity contribution in [3.63, 3.8) is 0 Å². The third-order valence-corrected chi connectivity index (χ3v) is 3.23. The van der Waals surface area contributed by atoms with E-state index in [2.05, 4.69) is 11.0 Å². The van der Waals surface area contributed by atoms with E-state index in [4.69, 9.17) is 10.00 Å². The van der Waals surface area contributed by atoms with Gasteiger partial charge in [-0.15, -0.1) is 0 Å². The van der Waals surface area contributed by atoms with E-state index < -0.39 is 0 Å². The number of aliphatic hydroxyl groups is 1. The number of aryl methyl sites for hydroxylation is 1. The molecule has 1 fully saturated rings. The van der Waals surface area contributed by atoms with E-state index in [9.17, 15) is 5.11 Å². The second kappa shape index (κ2) is 5.38. The molecule has 0 amide bonds. The summed E-state index contributed by atoms with van der Waals surface area (Å²) in [7, 11) is 0. The van der Waals surface area contributed by atoms with Crippen LogP contribution in [-0.4, -0.2) is 37.0 Å². The van der Waals surface area contributed by atoms with Gasteiger partial charge in [-0.05, 0) is 37.6 Å². The lowest BCUT2D eigenvalue weighted by Gasteiger charge is -2.37. The van der Waals surface area contributed by atoms with Crippen LogP contribution in [0.25, 0.3) is 0 Å². The highest BCUT2D eigenvalue weighted by atomic mass is 16.5. The van der Waals surface area contributed by atoms with Crippen molar-refractivity contribution in [2.45, 2.75) is 26.1 Å². The van der Waals surface area contributed by atoms with Crippen LogP contribution in [0.2, 0.25) is 0 Å². The molecule has 96 valence electrons. The Labute approximate surface area is 107 Å². The van der Waals surface area contributed by atoms with E-state index in [1.54, 1.807) is 0 Å². The molecule has 18 heavy (non-hydrogen) atoms. The Kier molecular flexibility index (Phi) is 3.85. The van der Waals surface area contributed by atoms with Gasteiger partial charge in [-0.3, -0.25) is 0 Å². The summed E-state index contributed by atoms with van der Waals surface area (Å²) in [6.45, 7) is 5.48. The molecule has 0 aromatic heterocycles. The quantitative estimate of drug-likeness (QED) is 0.858. The van der Waals surface area contributed by atoms with Crippen molar-refractivity contribution in [3.8, 4) is 6.07 Å². The Morgan fingerprint density at radius 3 is 2.89 bits per heavy atom. The van der Waals surface area contributed by atoms with Crippen LogP contribution in [-0.2, 0) is 4.74 Å². The number of hydrogen-bond donors (Lipinski definition) is 1. The van der Waals surface area contributed by atoms with Gasteiger partial charge in [0, 0.05) is 18.8 Å². The van der Waals surface area contributed by atoms with Crippen LogP contribution in [0.4, 0.5) is 5.69 Å². The van der Waals surface area contributed by atoms with E-state index in [1.165, 1.54) is 0 Å². The molecule has 0 spiro atoms. The number of benzene rings is 1. The van der Waals surface area contributed by atoms with Gasteiger partial charge in [-0.2, -0.15) is 5.26 Å². The Morgan fingerprint density at radius 1 is 1.50 bits per heavy atom. The highest BCUT2D eigenvalue weighted by molar-refractivity contribution is 5.54. The zero-order valence-corrected chi connectivity index (χ0v) is 10.8. The fraction of sp³-hybridized carbons (Fsp3) is 0.500. The second-order valence-electron chi connectivity index (χ2n) is 4.77. The molecule has 1 aliphatic rings. The predicted molar refractivity (Wildman–Crippen MR) is 69.5 cm³/mol. The molecule has 2 unspecified atom stereocenters. The average Bonchev–Trinajstić information content (AvgIpc) is 2.37. The molecule has 4 heteroatoms.